The van der Waals surface area contributed by atoms with Gasteiger partial charge in [-0.15, -0.1) is 0 Å². The molecule has 1 aromatic heterocycles. The topological polar surface area (TPSA) is 63.8 Å². The Morgan fingerprint density at radius 3 is 2.45 bits per heavy atom. The highest BCUT2D eigenvalue weighted by Gasteiger charge is 2.33. The first-order valence-electron chi connectivity index (χ1n) is 5.19. The first-order chi connectivity index (χ1) is 9.25. The average molecular weight is 307 g/mol. The van der Waals surface area contributed by atoms with E-state index in [4.69, 9.17) is 17.3 Å². The molecular formula is C11H7ClF4N4. The molecule has 2 rings (SSSR count). The molecule has 0 unspecified atom stereocenters. The predicted molar refractivity (Wildman–Crippen MR) is 66.1 cm³/mol. The maximum Gasteiger partial charge on any atom is 0.433 e. The van der Waals surface area contributed by atoms with Crippen molar-refractivity contribution in [2.24, 2.45) is 0 Å². The Morgan fingerprint density at radius 1 is 1.15 bits per heavy atom. The van der Waals surface area contributed by atoms with Gasteiger partial charge in [0.2, 0.25) is 5.95 Å². The van der Waals surface area contributed by atoms with Crippen LogP contribution in [0.5, 0.6) is 0 Å². The van der Waals surface area contributed by atoms with Crippen molar-refractivity contribution in [3.8, 4) is 0 Å². The Balaban J connectivity index is 2.36. The third kappa shape index (κ3) is 3.27. The third-order valence-corrected chi connectivity index (χ3v) is 2.46. The maximum absolute atomic E-state index is 13.5. The lowest BCUT2D eigenvalue weighted by Gasteiger charge is -2.11. The van der Waals surface area contributed by atoms with E-state index < -0.39 is 23.6 Å². The van der Waals surface area contributed by atoms with Crippen LogP contribution in [0.4, 0.5) is 35.0 Å². The Bertz CT molecular complexity index is 645. The summed E-state index contributed by atoms with van der Waals surface area (Å²) in [6, 6.07) is 4.29. The largest absolute Gasteiger partial charge is 0.433 e. The van der Waals surface area contributed by atoms with Crippen molar-refractivity contribution < 1.29 is 17.6 Å². The van der Waals surface area contributed by atoms with Crippen molar-refractivity contribution in [3.05, 3.63) is 40.8 Å². The van der Waals surface area contributed by atoms with Gasteiger partial charge in [0.05, 0.1) is 5.69 Å². The van der Waals surface area contributed by atoms with E-state index in [0.29, 0.717) is 6.07 Å². The standard InChI is InChI=1S/C11H7ClF4N4/c12-5-1-2-7(6(13)3-5)18-9-4-8(11(14,15)16)19-10(17)20-9/h1-4H,(H3,17,18,19,20). The van der Waals surface area contributed by atoms with E-state index in [9.17, 15) is 17.6 Å². The first-order valence-corrected chi connectivity index (χ1v) is 5.57. The lowest BCUT2D eigenvalue weighted by molar-refractivity contribution is -0.141. The van der Waals surface area contributed by atoms with Crippen molar-refractivity contribution in [3.63, 3.8) is 0 Å². The fourth-order valence-electron chi connectivity index (χ4n) is 1.40. The number of hydrogen-bond donors (Lipinski definition) is 2. The minimum Gasteiger partial charge on any atom is -0.368 e. The van der Waals surface area contributed by atoms with E-state index >= 15 is 0 Å². The second kappa shape index (κ2) is 5.12. The predicted octanol–water partition coefficient (Wildman–Crippen LogP) is 3.61. The van der Waals surface area contributed by atoms with Crippen LogP contribution in [0.3, 0.4) is 0 Å². The van der Waals surface area contributed by atoms with Gasteiger partial charge in [-0.1, -0.05) is 11.6 Å². The monoisotopic (exact) mass is 306 g/mol. The molecule has 4 nitrogen and oxygen atoms in total. The van der Waals surface area contributed by atoms with E-state index in [0.717, 1.165) is 6.07 Å². The fraction of sp³-hybridized carbons (Fsp3) is 0.0909. The van der Waals surface area contributed by atoms with Crippen LogP contribution in [0.1, 0.15) is 5.69 Å². The smallest absolute Gasteiger partial charge is 0.368 e. The summed E-state index contributed by atoms with van der Waals surface area (Å²) in [7, 11) is 0. The zero-order valence-electron chi connectivity index (χ0n) is 9.67. The molecule has 0 fully saturated rings. The van der Waals surface area contributed by atoms with E-state index in [1.807, 2.05) is 0 Å². The highest BCUT2D eigenvalue weighted by Crippen LogP contribution is 2.30. The first kappa shape index (κ1) is 14.3. The molecule has 0 bridgehead atoms. The Hall–Kier alpha value is -2.09. The summed E-state index contributed by atoms with van der Waals surface area (Å²) in [5, 5.41) is 2.55. The van der Waals surface area contributed by atoms with Crippen molar-refractivity contribution in [2.45, 2.75) is 6.18 Å². The maximum atomic E-state index is 13.5. The number of benzene rings is 1. The molecule has 0 atom stereocenters. The summed E-state index contributed by atoms with van der Waals surface area (Å²) in [6.07, 6.45) is -4.67. The molecule has 0 saturated heterocycles. The van der Waals surface area contributed by atoms with Gasteiger partial charge in [0, 0.05) is 11.1 Å². The summed E-state index contributed by atoms with van der Waals surface area (Å²) in [5.74, 6) is -1.58. The van der Waals surface area contributed by atoms with E-state index in [1.165, 1.54) is 12.1 Å². The van der Waals surface area contributed by atoms with E-state index in [-0.39, 0.29) is 16.5 Å². The molecule has 1 heterocycles. The second-order valence-corrected chi connectivity index (χ2v) is 4.18. The van der Waals surface area contributed by atoms with Crippen molar-refractivity contribution in [1.82, 2.24) is 9.97 Å². The lowest BCUT2D eigenvalue weighted by Crippen LogP contribution is -2.12. The van der Waals surface area contributed by atoms with Gasteiger partial charge >= 0.3 is 6.18 Å². The Morgan fingerprint density at radius 2 is 1.85 bits per heavy atom. The van der Waals surface area contributed by atoms with Gasteiger partial charge in [0.15, 0.2) is 5.69 Å². The molecule has 0 spiro atoms. The molecule has 106 valence electrons. The molecule has 0 radical (unpaired) electrons. The number of nitrogens with two attached hydrogens (primary N) is 1. The second-order valence-electron chi connectivity index (χ2n) is 3.74. The number of hydrogen-bond acceptors (Lipinski definition) is 4. The van der Waals surface area contributed by atoms with Gasteiger partial charge in [-0.3, -0.25) is 0 Å². The van der Waals surface area contributed by atoms with Gasteiger partial charge in [-0.2, -0.15) is 18.2 Å². The molecular weight excluding hydrogens is 300 g/mol. The lowest BCUT2D eigenvalue weighted by atomic mass is 10.3. The molecule has 0 aliphatic heterocycles. The summed E-state index contributed by atoms with van der Waals surface area (Å²) in [5.41, 5.74) is 3.89. The van der Waals surface area contributed by atoms with Gasteiger partial charge in [0.25, 0.3) is 0 Å². The summed E-state index contributed by atoms with van der Waals surface area (Å²) in [6.45, 7) is 0. The zero-order chi connectivity index (χ0) is 14.9. The summed E-state index contributed by atoms with van der Waals surface area (Å²) < 4.78 is 51.2. The van der Waals surface area contributed by atoms with E-state index in [2.05, 4.69) is 15.3 Å². The van der Waals surface area contributed by atoms with Crippen molar-refractivity contribution >= 4 is 29.1 Å². The SMILES string of the molecule is Nc1nc(Nc2ccc(Cl)cc2F)cc(C(F)(F)F)n1. The number of nitrogens with zero attached hydrogens (tertiary/aromatic N) is 2. The molecule has 9 heteroatoms. The molecule has 3 N–H and O–H groups in total. The fourth-order valence-corrected chi connectivity index (χ4v) is 1.56. The number of nitrogens with one attached hydrogen (secondary N) is 1. The summed E-state index contributed by atoms with van der Waals surface area (Å²) >= 11 is 5.57. The number of anilines is 3. The molecule has 2 aromatic rings. The normalized spacial score (nSPS) is 11.4. The molecule has 20 heavy (non-hydrogen) atoms. The van der Waals surface area contributed by atoms with Crippen LogP contribution in [0, 0.1) is 5.82 Å². The van der Waals surface area contributed by atoms with Crippen LogP contribution < -0.4 is 11.1 Å². The van der Waals surface area contributed by atoms with Crippen molar-refractivity contribution in [1.29, 1.82) is 0 Å². The molecule has 1 aromatic carbocycles. The van der Waals surface area contributed by atoms with Crippen LogP contribution >= 0.6 is 11.6 Å². The van der Waals surface area contributed by atoms with Gasteiger partial charge in [0.1, 0.15) is 11.6 Å². The third-order valence-electron chi connectivity index (χ3n) is 2.23. The molecule has 0 aliphatic rings. The molecule has 0 saturated carbocycles. The number of halogens is 5. The number of rotatable bonds is 2. The number of nitrogen functional groups attached to an aromatic ring is 1. The van der Waals surface area contributed by atoms with Gasteiger partial charge < -0.3 is 11.1 Å². The van der Waals surface area contributed by atoms with Gasteiger partial charge in [-0.25, -0.2) is 9.37 Å². The molecule has 0 aliphatic carbocycles. The number of alkyl halides is 3. The highest BCUT2D eigenvalue weighted by molar-refractivity contribution is 6.30. The number of aromatic nitrogens is 2. The Labute approximate surface area is 115 Å². The quantitative estimate of drug-likeness (QED) is 0.832. The average Bonchev–Trinajstić information content (AvgIpc) is 2.31. The highest BCUT2D eigenvalue weighted by atomic mass is 35.5. The van der Waals surface area contributed by atoms with Crippen LogP contribution in [0.2, 0.25) is 5.02 Å². The van der Waals surface area contributed by atoms with Crippen LogP contribution in [0.25, 0.3) is 0 Å². The van der Waals surface area contributed by atoms with Crippen molar-refractivity contribution in [2.75, 3.05) is 11.1 Å². The zero-order valence-corrected chi connectivity index (χ0v) is 10.4. The van der Waals surface area contributed by atoms with E-state index in [1.54, 1.807) is 0 Å². The van der Waals surface area contributed by atoms with Crippen LogP contribution in [-0.2, 0) is 6.18 Å². The Kier molecular flexibility index (Phi) is 3.67. The minimum absolute atomic E-state index is 0.0828. The summed E-state index contributed by atoms with van der Waals surface area (Å²) in [4.78, 5) is 6.63. The van der Waals surface area contributed by atoms with Crippen LogP contribution in [-0.4, -0.2) is 9.97 Å². The van der Waals surface area contributed by atoms with Gasteiger partial charge in [-0.05, 0) is 18.2 Å². The minimum atomic E-state index is -4.67. The van der Waals surface area contributed by atoms with Crippen LogP contribution in [0.15, 0.2) is 24.3 Å². The molecule has 0 amide bonds.